The highest BCUT2D eigenvalue weighted by Crippen LogP contribution is 2.47. The van der Waals surface area contributed by atoms with Crippen LogP contribution in [-0.4, -0.2) is 19.4 Å². The summed E-state index contributed by atoms with van der Waals surface area (Å²) < 4.78 is 5.26. The molecule has 3 nitrogen and oxygen atoms in total. The van der Waals surface area contributed by atoms with E-state index in [1.807, 2.05) is 32.0 Å². The minimum Gasteiger partial charge on any atom is -0.497 e. The van der Waals surface area contributed by atoms with Crippen LogP contribution in [0.5, 0.6) is 5.75 Å². The zero-order valence-electron chi connectivity index (χ0n) is 11.8. The molecule has 1 aromatic rings. The van der Waals surface area contributed by atoms with Gasteiger partial charge in [-0.15, -0.1) is 0 Å². The average Bonchev–Trinajstić information content (AvgIpc) is 2.74. The molecule has 102 valence electrons. The zero-order valence-corrected chi connectivity index (χ0v) is 12.6. The third-order valence-electron chi connectivity index (χ3n) is 3.09. The fourth-order valence-electron chi connectivity index (χ4n) is 1.93. The molecule has 0 fully saturated rings. The number of carbonyl (C=O) groups is 1. The standard InChI is InChI=1S/C15H19NO2S/c1-5-16-12-8-11(18-4)6-7-14(12)19-15(16)9-13(17)10(2)3/h6-10H,5H2,1-4H3. The summed E-state index contributed by atoms with van der Waals surface area (Å²) in [6.07, 6.45) is 1.76. The number of hydrogen-bond acceptors (Lipinski definition) is 4. The number of nitrogens with zero attached hydrogens (tertiary/aromatic N) is 1. The van der Waals surface area contributed by atoms with E-state index >= 15 is 0 Å². The maximum atomic E-state index is 11.9. The zero-order chi connectivity index (χ0) is 14.0. The molecule has 0 aliphatic carbocycles. The lowest BCUT2D eigenvalue weighted by molar-refractivity contribution is -0.117. The van der Waals surface area contributed by atoms with Gasteiger partial charge in [-0.05, 0) is 19.1 Å². The summed E-state index contributed by atoms with van der Waals surface area (Å²) in [5.41, 5.74) is 1.12. The van der Waals surface area contributed by atoms with Crippen LogP contribution in [0.15, 0.2) is 34.2 Å². The summed E-state index contributed by atoms with van der Waals surface area (Å²) in [5, 5.41) is 1.00. The molecular weight excluding hydrogens is 258 g/mol. The van der Waals surface area contributed by atoms with Gasteiger partial charge >= 0.3 is 0 Å². The van der Waals surface area contributed by atoms with E-state index in [1.165, 1.54) is 4.90 Å². The first kappa shape index (κ1) is 14.0. The van der Waals surface area contributed by atoms with Crippen molar-refractivity contribution in [1.82, 2.24) is 0 Å². The van der Waals surface area contributed by atoms with Gasteiger partial charge in [-0.2, -0.15) is 0 Å². The average molecular weight is 277 g/mol. The minimum atomic E-state index is 0.0325. The van der Waals surface area contributed by atoms with E-state index in [9.17, 15) is 4.79 Å². The Morgan fingerprint density at radius 3 is 2.79 bits per heavy atom. The lowest BCUT2D eigenvalue weighted by atomic mass is 10.1. The van der Waals surface area contributed by atoms with Crippen LogP contribution in [0, 0.1) is 5.92 Å². The number of fused-ring (bicyclic) bond motifs is 1. The molecule has 0 saturated heterocycles. The summed E-state index contributed by atoms with van der Waals surface area (Å²) in [4.78, 5) is 15.2. The van der Waals surface area contributed by atoms with Gasteiger partial charge in [0.25, 0.3) is 0 Å². The van der Waals surface area contributed by atoms with Gasteiger partial charge in [0.15, 0.2) is 5.78 Å². The summed E-state index contributed by atoms with van der Waals surface area (Å²) in [6, 6.07) is 6.02. The number of ether oxygens (including phenoxy) is 1. The Morgan fingerprint density at radius 2 is 2.21 bits per heavy atom. The molecule has 0 unspecified atom stereocenters. The maximum absolute atomic E-state index is 11.9. The van der Waals surface area contributed by atoms with E-state index in [1.54, 1.807) is 24.9 Å². The SMILES string of the molecule is CCN1C(=CC(=O)C(C)C)Sc2ccc(OC)cc21. The van der Waals surface area contributed by atoms with Crippen LogP contribution in [0.3, 0.4) is 0 Å². The molecule has 0 aromatic heterocycles. The molecule has 0 amide bonds. The Morgan fingerprint density at radius 1 is 1.47 bits per heavy atom. The van der Waals surface area contributed by atoms with E-state index < -0.39 is 0 Å². The number of allylic oxidation sites excluding steroid dienone is 1. The molecule has 19 heavy (non-hydrogen) atoms. The molecule has 0 saturated carbocycles. The third-order valence-corrected chi connectivity index (χ3v) is 4.20. The normalized spacial score (nSPS) is 16.1. The minimum absolute atomic E-state index is 0.0325. The number of carbonyl (C=O) groups excluding carboxylic acids is 1. The molecule has 4 heteroatoms. The quantitative estimate of drug-likeness (QED) is 0.785. The van der Waals surface area contributed by atoms with E-state index in [-0.39, 0.29) is 11.7 Å². The largest absolute Gasteiger partial charge is 0.497 e. The van der Waals surface area contributed by atoms with Gasteiger partial charge in [0.1, 0.15) is 5.75 Å². The van der Waals surface area contributed by atoms with Gasteiger partial charge in [-0.3, -0.25) is 4.79 Å². The van der Waals surface area contributed by atoms with Crippen LogP contribution < -0.4 is 9.64 Å². The second-order valence-corrected chi connectivity index (χ2v) is 5.78. The number of hydrogen-bond donors (Lipinski definition) is 0. The van der Waals surface area contributed by atoms with Crippen molar-refractivity contribution in [3.63, 3.8) is 0 Å². The topological polar surface area (TPSA) is 29.5 Å². The van der Waals surface area contributed by atoms with E-state index in [4.69, 9.17) is 4.74 Å². The highest BCUT2D eigenvalue weighted by atomic mass is 32.2. The summed E-state index contributed by atoms with van der Waals surface area (Å²) in [6.45, 7) is 6.77. The van der Waals surface area contributed by atoms with Gasteiger partial charge in [0.2, 0.25) is 0 Å². The van der Waals surface area contributed by atoms with E-state index in [0.29, 0.717) is 0 Å². The predicted octanol–water partition coefficient (Wildman–Crippen LogP) is 3.69. The molecule has 1 aromatic carbocycles. The fourth-order valence-corrected chi connectivity index (χ4v) is 3.08. The van der Waals surface area contributed by atoms with Crippen molar-refractivity contribution >= 4 is 23.2 Å². The van der Waals surface area contributed by atoms with Gasteiger partial charge in [0, 0.05) is 29.5 Å². The van der Waals surface area contributed by atoms with Crippen molar-refractivity contribution in [2.45, 2.75) is 25.7 Å². The molecular formula is C15H19NO2S. The van der Waals surface area contributed by atoms with Gasteiger partial charge < -0.3 is 9.64 Å². The predicted molar refractivity (Wildman–Crippen MR) is 79.8 cm³/mol. The number of methoxy groups -OCH3 is 1. The van der Waals surface area contributed by atoms with Gasteiger partial charge in [-0.1, -0.05) is 25.6 Å². The van der Waals surface area contributed by atoms with Crippen LogP contribution in [0.25, 0.3) is 0 Å². The van der Waals surface area contributed by atoms with Crippen LogP contribution in [0.1, 0.15) is 20.8 Å². The number of benzene rings is 1. The monoisotopic (exact) mass is 277 g/mol. The Hall–Kier alpha value is -1.42. The highest BCUT2D eigenvalue weighted by molar-refractivity contribution is 8.03. The lowest BCUT2D eigenvalue weighted by Crippen LogP contribution is -2.18. The number of rotatable bonds is 4. The van der Waals surface area contributed by atoms with Gasteiger partial charge in [-0.25, -0.2) is 0 Å². The molecule has 0 atom stereocenters. The fraction of sp³-hybridized carbons (Fsp3) is 0.400. The molecule has 1 aliphatic rings. The van der Waals surface area contributed by atoms with Crippen molar-refractivity contribution in [2.24, 2.45) is 5.92 Å². The van der Waals surface area contributed by atoms with E-state index in [0.717, 1.165) is 23.0 Å². The van der Waals surface area contributed by atoms with Crippen molar-refractivity contribution < 1.29 is 9.53 Å². The summed E-state index contributed by atoms with van der Waals surface area (Å²) in [5.74, 6) is 1.04. The number of ketones is 1. The van der Waals surface area contributed by atoms with Crippen molar-refractivity contribution in [2.75, 3.05) is 18.6 Å². The number of anilines is 1. The van der Waals surface area contributed by atoms with Crippen LogP contribution in [0.2, 0.25) is 0 Å². The smallest absolute Gasteiger partial charge is 0.160 e. The lowest BCUT2D eigenvalue weighted by Gasteiger charge is -2.18. The maximum Gasteiger partial charge on any atom is 0.160 e. The molecule has 0 radical (unpaired) electrons. The van der Waals surface area contributed by atoms with E-state index in [2.05, 4.69) is 11.8 Å². The summed E-state index contributed by atoms with van der Waals surface area (Å²) >= 11 is 1.64. The molecule has 0 bridgehead atoms. The molecule has 0 N–H and O–H groups in total. The van der Waals surface area contributed by atoms with Crippen molar-refractivity contribution in [1.29, 1.82) is 0 Å². The first-order chi connectivity index (χ1) is 9.06. The first-order valence-electron chi connectivity index (χ1n) is 6.45. The van der Waals surface area contributed by atoms with Crippen LogP contribution >= 0.6 is 11.8 Å². The van der Waals surface area contributed by atoms with Crippen LogP contribution in [-0.2, 0) is 4.79 Å². The molecule has 1 heterocycles. The van der Waals surface area contributed by atoms with Crippen molar-refractivity contribution in [3.8, 4) is 5.75 Å². The molecule has 2 rings (SSSR count). The Labute approximate surface area is 118 Å². The Bertz CT molecular complexity index is 523. The number of thioether (sulfide) groups is 1. The highest BCUT2D eigenvalue weighted by Gasteiger charge is 2.25. The second kappa shape index (κ2) is 5.70. The Balaban J connectivity index is 2.35. The Kier molecular flexibility index (Phi) is 4.20. The summed E-state index contributed by atoms with van der Waals surface area (Å²) in [7, 11) is 1.67. The van der Waals surface area contributed by atoms with Gasteiger partial charge in [0.05, 0.1) is 17.8 Å². The van der Waals surface area contributed by atoms with Crippen molar-refractivity contribution in [3.05, 3.63) is 29.3 Å². The third kappa shape index (κ3) is 2.78. The van der Waals surface area contributed by atoms with Crippen LogP contribution in [0.4, 0.5) is 5.69 Å². The second-order valence-electron chi connectivity index (χ2n) is 4.72. The molecule has 0 spiro atoms. The molecule has 1 aliphatic heterocycles. The first-order valence-corrected chi connectivity index (χ1v) is 7.27.